The maximum absolute atomic E-state index is 14.3. The van der Waals surface area contributed by atoms with Crippen molar-refractivity contribution in [2.24, 2.45) is 0 Å². The molecule has 1 amide bonds. The lowest BCUT2D eigenvalue weighted by molar-refractivity contribution is 0.0572. The van der Waals surface area contributed by atoms with Crippen LogP contribution in [-0.4, -0.2) is 58.5 Å². The minimum absolute atomic E-state index is 0.0295. The number of benzene rings is 2. The lowest BCUT2D eigenvalue weighted by Gasteiger charge is -2.39. The average molecular weight is 564 g/mol. The Morgan fingerprint density at radius 3 is 2.41 bits per heavy atom. The van der Waals surface area contributed by atoms with Gasteiger partial charge in [-0.1, -0.05) is 35.9 Å². The summed E-state index contributed by atoms with van der Waals surface area (Å²) in [7, 11) is 4.26. The normalized spacial score (nSPS) is 17.5. The molecular formula is C30H34ClN5O2S. The first-order valence-electron chi connectivity index (χ1n) is 13.3. The molecule has 9 heteroatoms. The van der Waals surface area contributed by atoms with E-state index < -0.39 is 0 Å². The summed E-state index contributed by atoms with van der Waals surface area (Å²) >= 11 is 8.27. The molecule has 2 heterocycles. The van der Waals surface area contributed by atoms with E-state index in [9.17, 15) is 4.79 Å². The smallest absolute Gasteiger partial charge is 0.266 e. The quantitative estimate of drug-likeness (QED) is 0.263. The Morgan fingerprint density at radius 2 is 1.74 bits per heavy atom. The fourth-order valence-electron chi connectivity index (χ4n) is 5.38. The van der Waals surface area contributed by atoms with Crippen LogP contribution in [0.2, 0.25) is 5.02 Å². The van der Waals surface area contributed by atoms with E-state index in [4.69, 9.17) is 22.1 Å². The van der Waals surface area contributed by atoms with Crippen LogP contribution in [0.1, 0.15) is 47.8 Å². The number of thiophene rings is 1. The minimum atomic E-state index is -0.0295. The molecule has 0 spiro atoms. The van der Waals surface area contributed by atoms with Crippen LogP contribution in [0.25, 0.3) is 21.2 Å². The zero-order valence-electron chi connectivity index (χ0n) is 22.6. The Bertz CT molecular complexity index is 1450. The van der Waals surface area contributed by atoms with Crippen molar-refractivity contribution in [3.63, 3.8) is 0 Å². The molecule has 1 aliphatic carbocycles. The third-order valence-corrected chi connectivity index (χ3v) is 9.20. The van der Waals surface area contributed by atoms with E-state index in [1.54, 1.807) is 12.4 Å². The fourth-order valence-corrected chi connectivity index (χ4v) is 6.85. The van der Waals surface area contributed by atoms with E-state index in [0.29, 0.717) is 29.1 Å². The monoisotopic (exact) mass is 563 g/mol. The molecule has 0 aliphatic heterocycles. The molecule has 2 N–H and O–H groups in total. The van der Waals surface area contributed by atoms with Gasteiger partial charge in [-0.25, -0.2) is 9.97 Å². The highest BCUT2D eigenvalue weighted by Gasteiger charge is 2.33. The molecule has 1 saturated carbocycles. The van der Waals surface area contributed by atoms with Crippen LogP contribution in [0.3, 0.4) is 0 Å². The number of nitrogen functional groups attached to an aromatic ring is 1. The number of nitrogens with two attached hydrogens (primary N) is 1. The lowest BCUT2D eigenvalue weighted by atomic mass is 9.89. The minimum Gasteiger partial charge on any atom is -0.494 e. The van der Waals surface area contributed by atoms with Crippen molar-refractivity contribution < 1.29 is 9.53 Å². The molecule has 0 saturated heterocycles. The van der Waals surface area contributed by atoms with Crippen molar-refractivity contribution in [1.82, 2.24) is 19.8 Å². The molecule has 0 bridgehead atoms. The van der Waals surface area contributed by atoms with Crippen molar-refractivity contribution >= 4 is 44.9 Å². The number of amides is 1. The Morgan fingerprint density at radius 1 is 1.05 bits per heavy atom. The van der Waals surface area contributed by atoms with E-state index in [-0.39, 0.29) is 17.9 Å². The zero-order chi connectivity index (χ0) is 27.5. The van der Waals surface area contributed by atoms with Crippen LogP contribution in [-0.2, 0) is 6.54 Å². The largest absolute Gasteiger partial charge is 0.494 e. The summed E-state index contributed by atoms with van der Waals surface area (Å²) in [6.07, 6.45) is 7.39. The number of hydrogen-bond donors (Lipinski definition) is 1. The first kappa shape index (κ1) is 27.4. The van der Waals surface area contributed by atoms with Crippen LogP contribution < -0.4 is 10.5 Å². The highest BCUT2D eigenvalue weighted by Crippen LogP contribution is 2.38. The van der Waals surface area contributed by atoms with E-state index in [2.05, 4.69) is 35.0 Å². The van der Waals surface area contributed by atoms with Gasteiger partial charge in [0.2, 0.25) is 5.95 Å². The van der Waals surface area contributed by atoms with Gasteiger partial charge >= 0.3 is 0 Å². The van der Waals surface area contributed by atoms with Gasteiger partial charge < -0.3 is 20.3 Å². The molecule has 2 aromatic carbocycles. The molecule has 4 aromatic rings. The number of halogens is 1. The first-order chi connectivity index (χ1) is 18.9. The third kappa shape index (κ3) is 5.88. The van der Waals surface area contributed by atoms with Crippen molar-refractivity contribution in [2.75, 3.05) is 26.4 Å². The highest BCUT2D eigenvalue weighted by atomic mass is 35.5. The molecule has 0 atom stereocenters. The number of carbonyl (C=O) groups is 1. The van der Waals surface area contributed by atoms with E-state index >= 15 is 0 Å². The molecular weight excluding hydrogens is 530 g/mol. The van der Waals surface area contributed by atoms with E-state index in [1.165, 1.54) is 11.3 Å². The second kappa shape index (κ2) is 11.9. The number of nitrogens with zero attached hydrogens (tertiary/aromatic N) is 4. The summed E-state index contributed by atoms with van der Waals surface area (Å²) in [6, 6.07) is 14.6. The number of fused-ring (bicyclic) bond motifs is 1. The predicted molar refractivity (Wildman–Crippen MR) is 159 cm³/mol. The van der Waals surface area contributed by atoms with Gasteiger partial charge in [0.1, 0.15) is 10.6 Å². The zero-order valence-corrected chi connectivity index (χ0v) is 24.1. The Kier molecular flexibility index (Phi) is 8.35. The molecule has 39 heavy (non-hydrogen) atoms. The van der Waals surface area contributed by atoms with Crippen molar-refractivity contribution in [3.8, 4) is 16.9 Å². The first-order valence-corrected chi connectivity index (χ1v) is 14.5. The molecule has 2 aromatic heterocycles. The molecule has 1 fully saturated rings. The fraction of sp³-hybridized carbons (Fsp3) is 0.367. The summed E-state index contributed by atoms with van der Waals surface area (Å²) < 4.78 is 7.04. The molecule has 5 rings (SSSR count). The van der Waals surface area contributed by atoms with Gasteiger partial charge in [-0.3, -0.25) is 4.79 Å². The topological polar surface area (TPSA) is 84.6 Å². The van der Waals surface area contributed by atoms with Gasteiger partial charge in [-0.05, 0) is 70.5 Å². The number of aromatic nitrogens is 2. The van der Waals surface area contributed by atoms with Crippen molar-refractivity contribution in [1.29, 1.82) is 0 Å². The highest BCUT2D eigenvalue weighted by molar-refractivity contribution is 7.21. The van der Waals surface area contributed by atoms with Gasteiger partial charge in [0.05, 0.1) is 11.6 Å². The third-order valence-electron chi connectivity index (χ3n) is 7.53. The number of anilines is 1. The average Bonchev–Trinajstić information content (AvgIpc) is 3.29. The molecule has 0 radical (unpaired) electrons. The Labute approximate surface area is 238 Å². The van der Waals surface area contributed by atoms with Crippen LogP contribution in [0.15, 0.2) is 54.9 Å². The molecule has 0 unspecified atom stereocenters. The summed E-state index contributed by atoms with van der Waals surface area (Å²) in [6.45, 7) is 2.91. The second-order valence-electron chi connectivity index (χ2n) is 10.2. The number of rotatable bonds is 8. The SMILES string of the molecule is CCOc1ccc(-c2cnc(N)nc2)cc1CN(C(=O)c1sc2ccccc2c1Cl)C1CCC(N(C)C)CC1. The van der Waals surface area contributed by atoms with Crippen LogP contribution in [0.5, 0.6) is 5.75 Å². The van der Waals surface area contributed by atoms with Gasteiger partial charge in [0, 0.05) is 52.2 Å². The summed E-state index contributed by atoms with van der Waals surface area (Å²) in [5.74, 6) is 0.966. The van der Waals surface area contributed by atoms with Crippen LogP contribution in [0.4, 0.5) is 5.95 Å². The van der Waals surface area contributed by atoms with Crippen molar-refractivity contribution in [2.45, 2.75) is 51.2 Å². The van der Waals surface area contributed by atoms with Gasteiger partial charge in [-0.15, -0.1) is 11.3 Å². The number of carbonyl (C=O) groups excluding carboxylic acids is 1. The number of hydrogen-bond acceptors (Lipinski definition) is 7. The lowest BCUT2D eigenvalue weighted by Crippen LogP contribution is -2.44. The maximum atomic E-state index is 14.3. The predicted octanol–water partition coefficient (Wildman–Crippen LogP) is 6.51. The van der Waals surface area contributed by atoms with Gasteiger partial charge in [-0.2, -0.15) is 0 Å². The van der Waals surface area contributed by atoms with Crippen LogP contribution >= 0.6 is 22.9 Å². The summed E-state index contributed by atoms with van der Waals surface area (Å²) in [5.41, 5.74) is 8.44. The second-order valence-corrected chi connectivity index (χ2v) is 11.6. The molecule has 7 nitrogen and oxygen atoms in total. The molecule has 204 valence electrons. The van der Waals surface area contributed by atoms with Crippen LogP contribution in [0, 0.1) is 0 Å². The van der Waals surface area contributed by atoms with Gasteiger partial charge in [0.25, 0.3) is 5.91 Å². The summed E-state index contributed by atoms with van der Waals surface area (Å²) in [5, 5.41) is 1.45. The van der Waals surface area contributed by atoms with Gasteiger partial charge in [0.15, 0.2) is 0 Å². The molecule has 1 aliphatic rings. The number of ether oxygens (including phenoxy) is 1. The maximum Gasteiger partial charge on any atom is 0.266 e. The Hall–Kier alpha value is -3.20. The van der Waals surface area contributed by atoms with E-state index in [0.717, 1.165) is 58.2 Å². The summed E-state index contributed by atoms with van der Waals surface area (Å²) in [4.78, 5) is 27.5. The Balaban J connectivity index is 1.53. The standard InChI is InChI=1S/C30H34ClN5O2S/c1-4-38-25-14-9-19(21-16-33-30(32)34-17-21)15-20(25)18-36(23-12-10-22(11-13-23)35(2)3)29(37)28-27(31)24-7-5-6-8-26(24)39-28/h5-9,14-17,22-23H,4,10-13,18H2,1-3H3,(H2,32,33,34). The van der Waals surface area contributed by atoms with Crippen molar-refractivity contribution in [3.05, 3.63) is 70.3 Å². The van der Waals surface area contributed by atoms with E-state index in [1.807, 2.05) is 48.2 Å².